The number of halogens is 2. The van der Waals surface area contributed by atoms with Crippen LogP contribution in [0.2, 0.25) is 10.0 Å². The molecule has 0 unspecified atom stereocenters. The van der Waals surface area contributed by atoms with Gasteiger partial charge in [-0.2, -0.15) is 0 Å². The maximum Gasteiger partial charge on any atom is 0.341 e. The van der Waals surface area contributed by atoms with Crippen LogP contribution in [0.1, 0.15) is 30.4 Å². The molecule has 4 N–H and O–H groups in total. The van der Waals surface area contributed by atoms with Crippen LogP contribution in [-0.2, 0) is 4.79 Å². The van der Waals surface area contributed by atoms with Gasteiger partial charge in [0.15, 0.2) is 6.61 Å². The van der Waals surface area contributed by atoms with E-state index in [0.29, 0.717) is 16.1 Å². The second-order valence-corrected chi connectivity index (χ2v) is 9.40. The number of ether oxygens (including phenoxy) is 1. The van der Waals surface area contributed by atoms with Crippen molar-refractivity contribution in [3.05, 3.63) is 86.7 Å². The number of anilines is 2. The number of benzene rings is 3. The average Bonchev–Trinajstić information content (AvgIpc) is 3.20. The minimum Gasteiger partial charge on any atom is -0.481 e. The van der Waals surface area contributed by atoms with Crippen molar-refractivity contribution in [2.24, 2.45) is 0 Å². The van der Waals surface area contributed by atoms with E-state index >= 15 is 0 Å². The molecular formula is C25H16Cl2N2O7S. The lowest BCUT2D eigenvalue weighted by molar-refractivity contribution is -0.139. The number of carboxylic acid groups (broad SMARTS) is 2. The highest BCUT2D eigenvalue weighted by Gasteiger charge is 2.24. The first kappa shape index (κ1) is 26.0. The van der Waals surface area contributed by atoms with Gasteiger partial charge in [-0.25, -0.2) is 9.59 Å². The Balaban J connectivity index is 1.74. The molecule has 0 atom stereocenters. The van der Waals surface area contributed by atoms with Crippen molar-refractivity contribution in [2.75, 3.05) is 17.2 Å². The summed E-state index contributed by atoms with van der Waals surface area (Å²) < 4.78 is 5.96. The molecule has 4 aromatic rings. The average molecular weight is 559 g/mol. The van der Waals surface area contributed by atoms with Crippen molar-refractivity contribution >= 4 is 79.8 Å². The van der Waals surface area contributed by atoms with Crippen LogP contribution >= 0.6 is 34.5 Å². The van der Waals surface area contributed by atoms with Crippen LogP contribution in [0.5, 0.6) is 5.75 Å². The third-order valence-electron chi connectivity index (χ3n) is 5.04. The van der Waals surface area contributed by atoms with E-state index in [1.54, 1.807) is 36.4 Å². The molecule has 1 heterocycles. The Morgan fingerprint density at radius 2 is 1.57 bits per heavy atom. The Morgan fingerprint density at radius 3 is 2.22 bits per heavy atom. The molecule has 0 aliphatic rings. The molecule has 0 spiro atoms. The van der Waals surface area contributed by atoms with Crippen LogP contribution < -0.4 is 15.4 Å². The Bertz CT molecular complexity index is 1550. The third-order valence-corrected chi connectivity index (χ3v) is 6.96. The molecule has 37 heavy (non-hydrogen) atoms. The monoisotopic (exact) mass is 558 g/mol. The van der Waals surface area contributed by atoms with E-state index in [4.69, 9.17) is 33.0 Å². The van der Waals surface area contributed by atoms with Crippen molar-refractivity contribution in [1.82, 2.24) is 0 Å². The van der Waals surface area contributed by atoms with Gasteiger partial charge < -0.3 is 25.6 Å². The van der Waals surface area contributed by atoms with Crippen LogP contribution in [0.25, 0.3) is 10.1 Å². The molecular weight excluding hydrogens is 543 g/mol. The molecule has 0 saturated carbocycles. The molecule has 12 heteroatoms. The number of carbonyl (C=O) groups excluding carboxylic acids is 2. The van der Waals surface area contributed by atoms with Crippen LogP contribution in [-0.4, -0.2) is 40.6 Å². The van der Waals surface area contributed by atoms with E-state index in [2.05, 4.69) is 10.6 Å². The summed E-state index contributed by atoms with van der Waals surface area (Å²) in [6, 6.07) is 15.4. The fraction of sp³-hybridized carbons (Fsp3) is 0.0400. The summed E-state index contributed by atoms with van der Waals surface area (Å²) in [6.07, 6.45) is 0. The van der Waals surface area contributed by atoms with Gasteiger partial charge >= 0.3 is 11.9 Å². The fourth-order valence-electron chi connectivity index (χ4n) is 3.37. The van der Waals surface area contributed by atoms with E-state index in [1.807, 2.05) is 0 Å². The number of carbonyl (C=O) groups is 4. The first-order valence-corrected chi connectivity index (χ1v) is 12.0. The minimum atomic E-state index is -1.44. The number of carboxylic acids is 2. The summed E-state index contributed by atoms with van der Waals surface area (Å²) in [4.78, 5) is 49.3. The molecule has 9 nitrogen and oxygen atoms in total. The lowest BCUT2D eigenvalue weighted by Crippen LogP contribution is -2.19. The van der Waals surface area contributed by atoms with Crippen molar-refractivity contribution in [3.63, 3.8) is 0 Å². The number of aliphatic carboxylic acids is 1. The van der Waals surface area contributed by atoms with Gasteiger partial charge in [0.2, 0.25) is 0 Å². The number of nitrogens with one attached hydrogen (secondary N) is 2. The van der Waals surface area contributed by atoms with Crippen LogP contribution in [0.15, 0.2) is 60.7 Å². The second kappa shape index (κ2) is 10.9. The van der Waals surface area contributed by atoms with Crippen molar-refractivity contribution in [1.29, 1.82) is 0 Å². The number of thiophene rings is 1. The number of rotatable bonds is 8. The predicted molar refractivity (Wildman–Crippen MR) is 141 cm³/mol. The zero-order chi connectivity index (χ0) is 26.7. The van der Waals surface area contributed by atoms with Crippen molar-refractivity contribution in [2.45, 2.75) is 0 Å². The molecule has 188 valence electrons. The second-order valence-electron chi connectivity index (χ2n) is 7.54. The molecule has 0 fully saturated rings. The first-order valence-electron chi connectivity index (χ1n) is 10.4. The normalized spacial score (nSPS) is 10.6. The van der Waals surface area contributed by atoms with Gasteiger partial charge in [0.05, 0.1) is 21.8 Å². The van der Waals surface area contributed by atoms with E-state index in [1.165, 1.54) is 12.1 Å². The number of hydrogen-bond acceptors (Lipinski definition) is 6. The number of aromatic carboxylic acids is 1. The summed E-state index contributed by atoms with van der Waals surface area (Å²) in [5.74, 6) is -4.50. The standard InChI is InChI=1S/C25H16Cl2N2O7S/c26-12-5-7-13(8-6-12)28-23(32)16-9-17(15(25(34)35)10-18(16)36-11-20(30)31)29-24(33)22-21(27)14-3-1-2-4-19(14)37-22/h1-10H,11H2,(H,28,32)(H,29,33)(H,30,31)(H,34,35). The summed E-state index contributed by atoms with van der Waals surface area (Å²) >= 11 is 13.4. The minimum absolute atomic E-state index is 0.151. The van der Waals surface area contributed by atoms with Crippen molar-refractivity contribution < 1.29 is 34.1 Å². The van der Waals surface area contributed by atoms with Crippen LogP contribution in [0.3, 0.4) is 0 Å². The lowest BCUT2D eigenvalue weighted by atomic mass is 10.1. The Labute approximate surface area is 223 Å². The third kappa shape index (κ3) is 5.83. The van der Waals surface area contributed by atoms with E-state index in [9.17, 15) is 24.3 Å². The number of fused-ring (bicyclic) bond motifs is 1. The first-order chi connectivity index (χ1) is 17.6. The maximum atomic E-state index is 13.1. The van der Waals surface area contributed by atoms with Gasteiger partial charge in [-0.05, 0) is 42.5 Å². The Morgan fingerprint density at radius 1 is 0.865 bits per heavy atom. The van der Waals surface area contributed by atoms with Gasteiger partial charge in [0.25, 0.3) is 11.8 Å². The maximum absolute atomic E-state index is 13.1. The van der Waals surface area contributed by atoms with Gasteiger partial charge in [0, 0.05) is 20.8 Å². The summed E-state index contributed by atoms with van der Waals surface area (Å²) in [7, 11) is 0. The molecule has 1 aromatic heterocycles. The lowest BCUT2D eigenvalue weighted by Gasteiger charge is -2.15. The topological polar surface area (TPSA) is 142 Å². The molecule has 4 rings (SSSR count). The van der Waals surface area contributed by atoms with Gasteiger partial charge in [0.1, 0.15) is 10.6 Å². The fourth-order valence-corrected chi connectivity index (χ4v) is 4.91. The summed E-state index contributed by atoms with van der Waals surface area (Å²) in [6.45, 7) is -0.830. The van der Waals surface area contributed by atoms with Gasteiger partial charge in [-0.1, -0.05) is 41.4 Å². The zero-order valence-electron chi connectivity index (χ0n) is 18.6. The molecule has 3 aromatic carbocycles. The summed E-state index contributed by atoms with van der Waals surface area (Å²) in [5.41, 5.74) is -0.480. The highest BCUT2D eigenvalue weighted by molar-refractivity contribution is 7.21. The molecule has 0 aliphatic heterocycles. The zero-order valence-corrected chi connectivity index (χ0v) is 20.9. The Kier molecular flexibility index (Phi) is 7.63. The number of amides is 2. The Hall–Kier alpha value is -4.12. The quantitative estimate of drug-likeness (QED) is 0.211. The molecule has 0 aliphatic carbocycles. The van der Waals surface area contributed by atoms with Crippen LogP contribution in [0.4, 0.5) is 11.4 Å². The smallest absolute Gasteiger partial charge is 0.341 e. The molecule has 0 bridgehead atoms. The summed E-state index contributed by atoms with van der Waals surface area (Å²) in [5, 5.41) is 25.2. The largest absolute Gasteiger partial charge is 0.481 e. The number of hydrogen-bond donors (Lipinski definition) is 4. The van der Waals surface area contributed by atoms with Gasteiger partial charge in [-0.3, -0.25) is 9.59 Å². The molecule has 0 radical (unpaired) electrons. The highest BCUT2D eigenvalue weighted by atomic mass is 35.5. The van der Waals surface area contributed by atoms with E-state index in [-0.39, 0.29) is 26.9 Å². The molecule has 0 saturated heterocycles. The highest BCUT2D eigenvalue weighted by Crippen LogP contribution is 2.36. The predicted octanol–water partition coefficient (Wildman–Crippen LogP) is 5.87. The van der Waals surface area contributed by atoms with E-state index in [0.717, 1.165) is 28.2 Å². The van der Waals surface area contributed by atoms with E-state index < -0.39 is 35.9 Å². The van der Waals surface area contributed by atoms with Crippen LogP contribution in [0, 0.1) is 0 Å². The molecule has 2 amide bonds. The van der Waals surface area contributed by atoms with Gasteiger partial charge in [-0.15, -0.1) is 11.3 Å². The van der Waals surface area contributed by atoms with Crippen molar-refractivity contribution in [3.8, 4) is 5.75 Å². The SMILES string of the molecule is O=C(O)COc1cc(C(=O)O)c(NC(=O)c2sc3ccccc3c2Cl)cc1C(=O)Nc1ccc(Cl)cc1.